The molecule has 172 valence electrons. The summed E-state index contributed by atoms with van der Waals surface area (Å²) in [5, 5.41) is 0.601. The lowest BCUT2D eigenvalue weighted by Gasteiger charge is -2.15. The van der Waals surface area contributed by atoms with E-state index in [0.29, 0.717) is 16.5 Å². The summed E-state index contributed by atoms with van der Waals surface area (Å²) >= 11 is 0. The fraction of sp³-hybridized carbons (Fsp3) is 0.0714. The van der Waals surface area contributed by atoms with Gasteiger partial charge in [0.1, 0.15) is 10.7 Å². The highest BCUT2D eigenvalue weighted by molar-refractivity contribution is 6.21. The lowest BCUT2D eigenvalue weighted by molar-refractivity contribution is 0.0514. The molecule has 35 heavy (non-hydrogen) atoms. The van der Waals surface area contributed by atoms with Crippen molar-refractivity contribution in [2.24, 2.45) is 7.05 Å². The van der Waals surface area contributed by atoms with Gasteiger partial charge < -0.3 is 9.30 Å². The van der Waals surface area contributed by atoms with E-state index >= 15 is 0 Å². The van der Waals surface area contributed by atoms with Gasteiger partial charge in [-0.05, 0) is 35.4 Å². The summed E-state index contributed by atoms with van der Waals surface area (Å²) < 4.78 is 7.39. The number of carbonyl (C=O) groups excluding carboxylic acids is 2. The molecule has 1 aliphatic heterocycles. The first-order valence-corrected chi connectivity index (χ1v) is 11.0. The zero-order chi connectivity index (χ0) is 24.4. The molecule has 0 aliphatic carbocycles. The predicted molar refractivity (Wildman–Crippen MR) is 131 cm³/mol. The van der Waals surface area contributed by atoms with Crippen molar-refractivity contribution in [2.45, 2.75) is 0 Å². The Bertz CT molecular complexity index is 1580. The molecule has 1 aromatic heterocycles. The van der Waals surface area contributed by atoms with Crippen LogP contribution in [0.5, 0.6) is 5.88 Å². The van der Waals surface area contributed by atoms with Gasteiger partial charge in [-0.2, -0.15) is 0 Å². The van der Waals surface area contributed by atoms with Crippen molar-refractivity contribution < 1.29 is 14.3 Å². The summed E-state index contributed by atoms with van der Waals surface area (Å²) in [6.45, 7) is -0.335. The van der Waals surface area contributed by atoms with Gasteiger partial charge in [0, 0.05) is 7.05 Å². The SMILES string of the molecule is Cn1c(=O)/c(=C/c2ccccc2)nc(OCN2C(=O)c3ccccc3C2=O)/c1=C/c1ccccc1. The molecule has 2 amide bonds. The largest absolute Gasteiger partial charge is 0.454 e. The topological polar surface area (TPSA) is 81.5 Å². The minimum absolute atomic E-state index is 0.134. The van der Waals surface area contributed by atoms with Crippen molar-refractivity contribution in [1.82, 2.24) is 14.5 Å². The number of hydrogen-bond acceptors (Lipinski definition) is 5. The third-order valence-electron chi connectivity index (χ3n) is 5.74. The quantitative estimate of drug-likeness (QED) is 0.424. The Labute approximate surface area is 200 Å². The molecule has 4 aromatic rings. The zero-order valence-corrected chi connectivity index (χ0v) is 18.9. The molecule has 7 heteroatoms. The van der Waals surface area contributed by atoms with Gasteiger partial charge >= 0.3 is 0 Å². The first kappa shape index (κ1) is 22.0. The van der Waals surface area contributed by atoms with Crippen molar-refractivity contribution >= 4 is 24.0 Å². The van der Waals surface area contributed by atoms with Crippen molar-refractivity contribution in [3.05, 3.63) is 128 Å². The number of nitrogens with zero attached hydrogens (tertiary/aromatic N) is 3. The third-order valence-corrected chi connectivity index (χ3v) is 5.74. The lowest BCUT2D eigenvalue weighted by atomic mass is 10.1. The highest BCUT2D eigenvalue weighted by Gasteiger charge is 2.35. The van der Waals surface area contributed by atoms with Gasteiger partial charge in [-0.25, -0.2) is 9.88 Å². The summed E-state index contributed by atoms with van der Waals surface area (Å²) in [5.74, 6) is -0.727. The highest BCUT2D eigenvalue weighted by Crippen LogP contribution is 2.22. The van der Waals surface area contributed by atoms with E-state index in [-0.39, 0.29) is 23.5 Å². The molecule has 0 saturated carbocycles. The molecule has 0 atom stereocenters. The van der Waals surface area contributed by atoms with Crippen LogP contribution >= 0.6 is 0 Å². The molecule has 2 heterocycles. The molecule has 0 spiro atoms. The van der Waals surface area contributed by atoms with Crippen LogP contribution in [0.3, 0.4) is 0 Å². The van der Waals surface area contributed by atoms with E-state index in [0.717, 1.165) is 16.0 Å². The van der Waals surface area contributed by atoms with Gasteiger partial charge in [0.05, 0.1) is 11.1 Å². The maximum absolute atomic E-state index is 13.1. The average molecular weight is 463 g/mol. The Balaban J connectivity index is 1.59. The fourth-order valence-electron chi connectivity index (χ4n) is 3.89. The second-order valence-electron chi connectivity index (χ2n) is 8.02. The molecular weight excluding hydrogens is 442 g/mol. The minimum atomic E-state index is -0.430. The number of benzene rings is 3. The van der Waals surface area contributed by atoms with Crippen LogP contribution in [0, 0.1) is 0 Å². The number of amides is 2. The first-order valence-electron chi connectivity index (χ1n) is 11.0. The van der Waals surface area contributed by atoms with Gasteiger partial charge in [0.2, 0.25) is 5.88 Å². The number of ether oxygens (including phenoxy) is 1. The number of fused-ring (bicyclic) bond motifs is 1. The molecule has 3 aromatic carbocycles. The minimum Gasteiger partial charge on any atom is -0.454 e. The first-order chi connectivity index (χ1) is 17.0. The van der Waals surface area contributed by atoms with Gasteiger partial charge in [-0.15, -0.1) is 0 Å². The molecule has 0 unspecified atom stereocenters. The summed E-state index contributed by atoms with van der Waals surface area (Å²) in [6, 6.07) is 25.4. The summed E-state index contributed by atoms with van der Waals surface area (Å²) in [6.07, 6.45) is 3.45. The summed E-state index contributed by atoms with van der Waals surface area (Å²) in [7, 11) is 1.63. The molecule has 7 nitrogen and oxygen atoms in total. The van der Waals surface area contributed by atoms with Crippen molar-refractivity contribution in [2.75, 3.05) is 6.73 Å². The molecule has 1 aliphatic rings. The van der Waals surface area contributed by atoms with Crippen molar-refractivity contribution in [3.63, 3.8) is 0 Å². The van der Waals surface area contributed by atoms with Gasteiger partial charge in [0.25, 0.3) is 17.4 Å². The van der Waals surface area contributed by atoms with Crippen LogP contribution in [0.2, 0.25) is 0 Å². The van der Waals surface area contributed by atoms with Gasteiger partial charge in [-0.1, -0.05) is 72.8 Å². The number of rotatable bonds is 5. The van der Waals surface area contributed by atoms with Crippen LogP contribution in [0.25, 0.3) is 12.2 Å². The van der Waals surface area contributed by atoms with Crippen LogP contribution in [0.1, 0.15) is 31.8 Å². The second kappa shape index (κ2) is 9.23. The van der Waals surface area contributed by atoms with E-state index in [1.165, 1.54) is 4.57 Å². The van der Waals surface area contributed by atoms with E-state index in [4.69, 9.17) is 4.74 Å². The second-order valence-corrected chi connectivity index (χ2v) is 8.02. The van der Waals surface area contributed by atoms with Gasteiger partial charge in [-0.3, -0.25) is 14.4 Å². The number of aromatic nitrogens is 2. The van der Waals surface area contributed by atoms with Crippen LogP contribution in [0.15, 0.2) is 89.7 Å². The van der Waals surface area contributed by atoms with Gasteiger partial charge in [0.15, 0.2) is 6.73 Å². The Morgan fingerprint density at radius 1 is 0.743 bits per heavy atom. The summed E-state index contributed by atoms with van der Waals surface area (Å²) in [5.41, 5.74) is 2.02. The van der Waals surface area contributed by atoms with Crippen LogP contribution in [-0.4, -0.2) is 33.0 Å². The predicted octanol–water partition coefficient (Wildman–Crippen LogP) is 2.07. The number of carbonyl (C=O) groups is 2. The Morgan fingerprint density at radius 2 is 1.26 bits per heavy atom. The highest BCUT2D eigenvalue weighted by atomic mass is 16.5. The van der Waals surface area contributed by atoms with Crippen LogP contribution in [-0.2, 0) is 7.05 Å². The Morgan fingerprint density at radius 3 is 1.83 bits per heavy atom. The van der Waals surface area contributed by atoms with E-state index < -0.39 is 11.8 Å². The Kier molecular flexibility index (Phi) is 5.81. The Hall–Kier alpha value is -4.78. The lowest BCUT2D eigenvalue weighted by Crippen LogP contribution is -2.45. The standard InChI is InChI=1S/C28H21N3O4/c1-30-24(17-20-12-6-3-7-13-20)25(29-23(28(30)34)16-19-10-4-2-5-11-19)35-18-31-26(32)21-14-8-9-15-22(21)27(31)33/h2-17H,18H2,1H3/b23-16-,24-17-. The third kappa shape index (κ3) is 4.27. The van der Waals surface area contributed by atoms with E-state index in [9.17, 15) is 14.4 Å². The molecule has 5 rings (SSSR count). The van der Waals surface area contributed by atoms with Crippen LogP contribution < -0.4 is 21.0 Å². The van der Waals surface area contributed by atoms with E-state index in [2.05, 4.69) is 4.98 Å². The number of hydrogen-bond donors (Lipinski definition) is 0. The van der Waals surface area contributed by atoms with E-state index in [1.807, 2.05) is 60.7 Å². The van der Waals surface area contributed by atoms with Crippen molar-refractivity contribution in [1.29, 1.82) is 0 Å². The molecule has 0 fully saturated rings. The number of imide groups is 1. The van der Waals surface area contributed by atoms with E-state index in [1.54, 1.807) is 43.5 Å². The monoisotopic (exact) mass is 463 g/mol. The van der Waals surface area contributed by atoms with Crippen LogP contribution in [0.4, 0.5) is 0 Å². The van der Waals surface area contributed by atoms with Crippen molar-refractivity contribution in [3.8, 4) is 5.88 Å². The summed E-state index contributed by atoms with van der Waals surface area (Å²) in [4.78, 5) is 44.2. The molecular formula is C28H21N3O4. The zero-order valence-electron chi connectivity index (χ0n) is 18.9. The smallest absolute Gasteiger partial charge is 0.276 e. The molecule has 0 N–H and O–H groups in total. The molecule has 0 saturated heterocycles. The molecule has 0 radical (unpaired) electrons. The molecule has 0 bridgehead atoms. The average Bonchev–Trinajstić information content (AvgIpc) is 3.13. The fourth-order valence-corrected chi connectivity index (χ4v) is 3.89. The maximum Gasteiger partial charge on any atom is 0.276 e. The normalized spacial score (nSPS) is 13.9. The maximum atomic E-state index is 13.1.